The lowest BCUT2D eigenvalue weighted by Crippen LogP contribution is -2.36. The van der Waals surface area contributed by atoms with Crippen LogP contribution < -0.4 is 5.32 Å². The molecule has 5 nitrogen and oxygen atoms in total. The quantitative estimate of drug-likeness (QED) is 0.775. The van der Waals surface area contributed by atoms with Crippen LogP contribution in [-0.4, -0.2) is 26.5 Å². The highest BCUT2D eigenvalue weighted by Crippen LogP contribution is 2.22. The Morgan fingerprint density at radius 1 is 1.14 bits per heavy atom. The van der Waals surface area contributed by atoms with Crippen molar-refractivity contribution in [2.45, 2.75) is 18.9 Å². The molecule has 0 bridgehead atoms. The Hall–Kier alpha value is -2.69. The second kappa shape index (κ2) is 4.70. The number of rotatable bonds is 2. The predicted molar refractivity (Wildman–Crippen MR) is 78.1 cm³/mol. The van der Waals surface area contributed by atoms with Gasteiger partial charge in [0.1, 0.15) is 6.33 Å². The first kappa shape index (κ1) is 12.1. The Morgan fingerprint density at radius 3 is 2.67 bits per heavy atom. The minimum Gasteiger partial charge on any atom is -0.347 e. The van der Waals surface area contributed by atoms with Crippen LogP contribution in [0.2, 0.25) is 0 Å². The molecular formula is C16H14N4O. The third-order valence-electron chi connectivity index (χ3n) is 3.93. The number of hydrogen-bond acceptors (Lipinski definition) is 3. The summed E-state index contributed by atoms with van der Waals surface area (Å²) in [7, 11) is 0. The van der Waals surface area contributed by atoms with Gasteiger partial charge in [-0.05, 0) is 36.1 Å². The van der Waals surface area contributed by atoms with Gasteiger partial charge in [0.2, 0.25) is 0 Å². The molecule has 1 amide bonds. The summed E-state index contributed by atoms with van der Waals surface area (Å²) in [5.74, 6) is -0.140. The number of fused-ring (bicyclic) bond motifs is 2. The predicted octanol–water partition coefficient (Wildman–Crippen LogP) is 1.63. The van der Waals surface area contributed by atoms with Crippen molar-refractivity contribution >= 4 is 11.4 Å². The smallest absolute Gasteiger partial charge is 0.272 e. The molecule has 1 aromatic carbocycles. The van der Waals surface area contributed by atoms with Crippen molar-refractivity contribution in [3.05, 3.63) is 65.7 Å². The molecule has 21 heavy (non-hydrogen) atoms. The summed E-state index contributed by atoms with van der Waals surface area (Å²) in [5.41, 5.74) is 3.79. The zero-order valence-electron chi connectivity index (χ0n) is 11.4. The first-order valence-electron chi connectivity index (χ1n) is 6.97. The van der Waals surface area contributed by atoms with E-state index < -0.39 is 0 Å². The first-order valence-corrected chi connectivity index (χ1v) is 6.97. The number of aromatic nitrogens is 3. The third-order valence-corrected chi connectivity index (χ3v) is 3.93. The van der Waals surface area contributed by atoms with Gasteiger partial charge >= 0.3 is 0 Å². The summed E-state index contributed by atoms with van der Waals surface area (Å²) < 4.78 is 1.66. The second-order valence-corrected chi connectivity index (χ2v) is 5.29. The summed E-state index contributed by atoms with van der Waals surface area (Å²) in [6.07, 6.45) is 4.97. The molecule has 1 aliphatic carbocycles. The Labute approximate surface area is 121 Å². The lowest BCUT2D eigenvalue weighted by molar-refractivity contribution is 0.0934. The molecule has 0 atom stereocenters. The van der Waals surface area contributed by atoms with E-state index in [4.69, 9.17) is 0 Å². The summed E-state index contributed by atoms with van der Waals surface area (Å²) >= 11 is 0. The fourth-order valence-electron chi connectivity index (χ4n) is 2.96. The molecule has 104 valence electrons. The molecule has 0 unspecified atom stereocenters. The van der Waals surface area contributed by atoms with Gasteiger partial charge in [0, 0.05) is 12.2 Å². The molecule has 0 aliphatic heterocycles. The molecule has 3 aromatic rings. The third kappa shape index (κ3) is 2.07. The van der Waals surface area contributed by atoms with E-state index in [9.17, 15) is 4.79 Å². The Morgan fingerprint density at radius 2 is 1.90 bits per heavy atom. The Balaban J connectivity index is 1.56. The van der Waals surface area contributed by atoms with Crippen molar-refractivity contribution in [2.75, 3.05) is 0 Å². The summed E-state index contributed by atoms with van der Waals surface area (Å²) in [4.78, 5) is 16.6. The van der Waals surface area contributed by atoms with E-state index >= 15 is 0 Å². The fourth-order valence-corrected chi connectivity index (χ4v) is 2.96. The molecule has 5 heteroatoms. The lowest BCUT2D eigenvalue weighted by Gasteiger charge is -2.12. The largest absolute Gasteiger partial charge is 0.347 e. The topological polar surface area (TPSA) is 59.3 Å². The molecule has 4 rings (SSSR count). The van der Waals surface area contributed by atoms with Crippen molar-refractivity contribution < 1.29 is 4.79 Å². The van der Waals surface area contributed by atoms with Gasteiger partial charge in [-0.2, -0.15) is 5.10 Å². The van der Waals surface area contributed by atoms with Crippen LogP contribution in [0.3, 0.4) is 0 Å². The Bertz CT molecular complexity index is 799. The van der Waals surface area contributed by atoms with Crippen molar-refractivity contribution in [3.8, 4) is 0 Å². The van der Waals surface area contributed by atoms with Gasteiger partial charge in [0.15, 0.2) is 5.69 Å². The average Bonchev–Trinajstić information content (AvgIpc) is 3.12. The first-order chi connectivity index (χ1) is 10.3. The molecule has 0 spiro atoms. The number of nitrogens with one attached hydrogen (secondary N) is 1. The van der Waals surface area contributed by atoms with E-state index in [-0.39, 0.29) is 11.9 Å². The van der Waals surface area contributed by atoms with Gasteiger partial charge in [-0.25, -0.2) is 9.50 Å². The van der Waals surface area contributed by atoms with E-state index in [2.05, 4.69) is 27.5 Å². The summed E-state index contributed by atoms with van der Waals surface area (Å²) in [6, 6.07) is 12.2. The zero-order valence-corrected chi connectivity index (χ0v) is 11.4. The maximum Gasteiger partial charge on any atom is 0.272 e. The number of amides is 1. The maximum atomic E-state index is 12.4. The monoisotopic (exact) mass is 278 g/mol. The zero-order chi connectivity index (χ0) is 14.2. The van der Waals surface area contributed by atoms with Gasteiger partial charge in [0.25, 0.3) is 5.91 Å². The number of hydrogen-bond donors (Lipinski definition) is 1. The van der Waals surface area contributed by atoms with Gasteiger partial charge in [0.05, 0.1) is 5.52 Å². The molecule has 0 radical (unpaired) electrons. The van der Waals surface area contributed by atoms with Gasteiger partial charge in [-0.3, -0.25) is 4.79 Å². The number of benzene rings is 1. The molecule has 2 heterocycles. The summed E-state index contributed by atoms with van der Waals surface area (Å²) in [5, 5.41) is 7.16. The van der Waals surface area contributed by atoms with Crippen LogP contribution in [-0.2, 0) is 12.8 Å². The van der Waals surface area contributed by atoms with Crippen LogP contribution in [0.1, 0.15) is 21.6 Å². The van der Waals surface area contributed by atoms with Gasteiger partial charge in [-0.15, -0.1) is 0 Å². The SMILES string of the molecule is O=C(NC1Cc2ccccc2C1)c1ncnn2cccc12. The fraction of sp³-hybridized carbons (Fsp3) is 0.188. The van der Waals surface area contributed by atoms with Crippen molar-refractivity contribution in [1.82, 2.24) is 19.9 Å². The highest BCUT2D eigenvalue weighted by molar-refractivity contribution is 5.98. The molecule has 1 aliphatic rings. The van der Waals surface area contributed by atoms with E-state index in [0.29, 0.717) is 5.69 Å². The minimum atomic E-state index is -0.140. The van der Waals surface area contributed by atoms with Gasteiger partial charge < -0.3 is 5.32 Å². The van der Waals surface area contributed by atoms with Crippen LogP contribution in [0.4, 0.5) is 0 Å². The summed E-state index contributed by atoms with van der Waals surface area (Å²) in [6.45, 7) is 0. The van der Waals surface area contributed by atoms with Crippen LogP contribution in [0, 0.1) is 0 Å². The highest BCUT2D eigenvalue weighted by Gasteiger charge is 2.24. The minimum absolute atomic E-state index is 0.139. The van der Waals surface area contributed by atoms with Crippen LogP contribution in [0.25, 0.3) is 5.52 Å². The van der Waals surface area contributed by atoms with E-state index in [1.807, 2.05) is 24.3 Å². The molecule has 1 N–H and O–H groups in total. The number of nitrogens with zero attached hydrogens (tertiary/aromatic N) is 3. The van der Waals surface area contributed by atoms with E-state index in [0.717, 1.165) is 18.4 Å². The highest BCUT2D eigenvalue weighted by atomic mass is 16.2. The molecule has 0 saturated heterocycles. The second-order valence-electron chi connectivity index (χ2n) is 5.29. The maximum absolute atomic E-state index is 12.4. The van der Waals surface area contributed by atoms with E-state index in [1.54, 1.807) is 10.7 Å². The average molecular weight is 278 g/mol. The van der Waals surface area contributed by atoms with Gasteiger partial charge in [-0.1, -0.05) is 24.3 Å². The number of carbonyl (C=O) groups is 1. The van der Waals surface area contributed by atoms with Crippen LogP contribution in [0.5, 0.6) is 0 Å². The van der Waals surface area contributed by atoms with Crippen LogP contribution >= 0.6 is 0 Å². The molecule has 0 fully saturated rings. The van der Waals surface area contributed by atoms with Crippen molar-refractivity contribution in [2.24, 2.45) is 0 Å². The lowest BCUT2D eigenvalue weighted by atomic mass is 10.1. The van der Waals surface area contributed by atoms with E-state index in [1.165, 1.54) is 17.5 Å². The normalized spacial score (nSPS) is 14.3. The Kier molecular flexibility index (Phi) is 2.70. The molecular weight excluding hydrogens is 264 g/mol. The number of carbonyl (C=O) groups excluding carboxylic acids is 1. The standard InChI is InChI=1S/C16H14N4O/c21-16(15-14-6-3-7-20(14)18-10-17-15)19-13-8-11-4-1-2-5-12(11)9-13/h1-7,10,13H,8-9H2,(H,19,21). The van der Waals surface area contributed by atoms with Crippen molar-refractivity contribution in [1.29, 1.82) is 0 Å². The van der Waals surface area contributed by atoms with Crippen LogP contribution in [0.15, 0.2) is 48.9 Å². The molecule has 0 saturated carbocycles. The molecule has 2 aromatic heterocycles. The van der Waals surface area contributed by atoms with Crippen molar-refractivity contribution in [3.63, 3.8) is 0 Å².